The number of phenolic OH excluding ortho intramolecular Hbond substituents is 1. The molecule has 2 N–H and O–H groups in total. The molecule has 1 rings (SSSR count). The molecule has 0 atom stereocenters. The van der Waals surface area contributed by atoms with Gasteiger partial charge in [-0.25, -0.2) is 4.79 Å². The van der Waals surface area contributed by atoms with Crippen molar-refractivity contribution in [1.82, 2.24) is 0 Å². The molecule has 16 heavy (non-hydrogen) atoms. The number of aromatic hydroxyl groups is 1. The molecule has 1 aromatic carbocycles. The minimum absolute atomic E-state index is 0.0897. The summed E-state index contributed by atoms with van der Waals surface area (Å²) in [5.41, 5.74) is 0.887. The average molecular weight is 220 g/mol. The van der Waals surface area contributed by atoms with Crippen molar-refractivity contribution in [3.8, 4) is 5.75 Å². The van der Waals surface area contributed by atoms with E-state index in [0.29, 0.717) is 11.3 Å². The Kier molecular flexibility index (Phi) is 3.77. The lowest BCUT2D eigenvalue weighted by molar-refractivity contribution is -0.129. The highest BCUT2D eigenvalue weighted by Crippen LogP contribution is 2.16. The van der Waals surface area contributed by atoms with Crippen LogP contribution < -0.4 is 0 Å². The third-order valence-corrected chi connectivity index (χ3v) is 1.95. The zero-order valence-electron chi connectivity index (χ0n) is 9.01. The molecule has 0 unspecified atom stereocenters. The Morgan fingerprint density at radius 3 is 2.38 bits per heavy atom. The number of hydrogen-bond donors (Lipinski definition) is 2. The molecule has 0 amide bonds. The van der Waals surface area contributed by atoms with Gasteiger partial charge in [0.2, 0.25) is 0 Å². The number of nitrogens with zero attached hydrogens (tertiary/aromatic N) is 2. The lowest BCUT2D eigenvalue weighted by Gasteiger charge is -2.01. The molecule has 0 aliphatic carbocycles. The zero-order chi connectivity index (χ0) is 12.1. The van der Waals surface area contributed by atoms with Crippen molar-refractivity contribution in [3.63, 3.8) is 0 Å². The van der Waals surface area contributed by atoms with E-state index in [0.717, 1.165) is 0 Å². The summed E-state index contributed by atoms with van der Waals surface area (Å²) in [6.07, 6.45) is 0. The fourth-order valence-electron chi connectivity index (χ4n) is 1.03. The average Bonchev–Trinajstić information content (AvgIpc) is 2.25. The molecule has 5 heteroatoms. The van der Waals surface area contributed by atoms with Crippen molar-refractivity contribution in [2.75, 3.05) is 0 Å². The van der Waals surface area contributed by atoms with E-state index in [2.05, 4.69) is 10.2 Å². The Bertz CT molecular complexity index is 464. The first-order valence-electron chi connectivity index (χ1n) is 4.63. The van der Waals surface area contributed by atoms with Crippen molar-refractivity contribution in [2.24, 2.45) is 10.2 Å². The van der Waals surface area contributed by atoms with Crippen molar-refractivity contribution >= 4 is 17.4 Å². The van der Waals surface area contributed by atoms with Gasteiger partial charge in [0.05, 0.1) is 5.71 Å². The van der Waals surface area contributed by atoms with Gasteiger partial charge in [-0.2, -0.15) is 5.10 Å². The molecule has 84 valence electrons. The molecule has 0 aliphatic rings. The molecule has 0 spiro atoms. The second kappa shape index (κ2) is 5.06. The van der Waals surface area contributed by atoms with Crippen LogP contribution in [0.3, 0.4) is 0 Å². The van der Waals surface area contributed by atoms with E-state index in [4.69, 9.17) is 5.11 Å². The third kappa shape index (κ3) is 2.91. The molecule has 0 fully saturated rings. The molecule has 0 aromatic heterocycles. The van der Waals surface area contributed by atoms with Crippen molar-refractivity contribution in [1.29, 1.82) is 0 Å². The summed E-state index contributed by atoms with van der Waals surface area (Å²) in [4.78, 5) is 10.5. The second-order valence-corrected chi connectivity index (χ2v) is 3.19. The molecule has 0 saturated heterocycles. The van der Waals surface area contributed by atoms with Gasteiger partial charge >= 0.3 is 5.97 Å². The van der Waals surface area contributed by atoms with E-state index in [9.17, 15) is 9.90 Å². The summed E-state index contributed by atoms with van der Waals surface area (Å²) >= 11 is 0. The standard InChI is InChI=1S/C11H12N2O3/c1-7(12-13-8(2)11(15)16)9-5-3-4-6-10(9)14/h3-6,14H,1-2H3,(H,15,16)/b12-7+,13-8?. The summed E-state index contributed by atoms with van der Waals surface area (Å²) in [6.45, 7) is 3.00. The fourth-order valence-corrected chi connectivity index (χ4v) is 1.03. The Hall–Kier alpha value is -2.17. The lowest BCUT2D eigenvalue weighted by atomic mass is 10.1. The largest absolute Gasteiger partial charge is 0.507 e. The number of phenols is 1. The smallest absolute Gasteiger partial charge is 0.351 e. The van der Waals surface area contributed by atoms with Gasteiger partial charge < -0.3 is 10.2 Å². The van der Waals surface area contributed by atoms with Gasteiger partial charge in [-0.05, 0) is 26.0 Å². The van der Waals surface area contributed by atoms with Crippen LogP contribution in [-0.2, 0) is 4.79 Å². The molecule has 0 bridgehead atoms. The molecule has 1 aromatic rings. The maximum atomic E-state index is 10.5. The van der Waals surface area contributed by atoms with Gasteiger partial charge in [0.15, 0.2) is 0 Å². The Morgan fingerprint density at radius 2 is 1.81 bits per heavy atom. The summed E-state index contributed by atoms with van der Waals surface area (Å²) in [5, 5.41) is 25.4. The highest BCUT2D eigenvalue weighted by molar-refractivity contribution is 6.34. The number of benzene rings is 1. The van der Waals surface area contributed by atoms with Crippen LogP contribution in [0.2, 0.25) is 0 Å². The number of carboxylic acids is 1. The maximum absolute atomic E-state index is 10.5. The molecular weight excluding hydrogens is 208 g/mol. The van der Waals surface area contributed by atoms with Gasteiger partial charge in [0, 0.05) is 5.56 Å². The van der Waals surface area contributed by atoms with Crippen LogP contribution in [0.1, 0.15) is 19.4 Å². The lowest BCUT2D eigenvalue weighted by Crippen LogP contribution is -2.07. The number of carbonyl (C=O) groups is 1. The van der Waals surface area contributed by atoms with Crippen molar-refractivity contribution < 1.29 is 15.0 Å². The van der Waals surface area contributed by atoms with Crippen LogP contribution in [0.4, 0.5) is 0 Å². The zero-order valence-corrected chi connectivity index (χ0v) is 9.01. The molecular formula is C11H12N2O3. The predicted molar refractivity (Wildman–Crippen MR) is 61.1 cm³/mol. The summed E-state index contributed by atoms with van der Waals surface area (Å²) in [5.74, 6) is -1.03. The van der Waals surface area contributed by atoms with Gasteiger partial charge in [-0.15, -0.1) is 5.10 Å². The predicted octanol–water partition coefficient (Wildman–Crippen LogP) is 1.66. The minimum atomic E-state index is -1.12. The van der Waals surface area contributed by atoms with Crippen LogP contribution in [0.25, 0.3) is 0 Å². The van der Waals surface area contributed by atoms with Gasteiger partial charge in [-0.3, -0.25) is 0 Å². The Morgan fingerprint density at radius 1 is 1.19 bits per heavy atom. The Balaban J connectivity index is 2.99. The maximum Gasteiger partial charge on any atom is 0.351 e. The normalized spacial score (nSPS) is 12.6. The highest BCUT2D eigenvalue weighted by atomic mass is 16.4. The number of rotatable bonds is 3. The topological polar surface area (TPSA) is 82.2 Å². The summed E-state index contributed by atoms with van der Waals surface area (Å²) < 4.78 is 0. The first-order chi connectivity index (χ1) is 7.52. The second-order valence-electron chi connectivity index (χ2n) is 3.19. The fraction of sp³-hybridized carbons (Fsp3) is 0.182. The van der Waals surface area contributed by atoms with Gasteiger partial charge in [0.25, 0.3) is 0 Å². The van der Waals surface area contributed by atoms with Crippen molar-refractivity contribution in [2.45, 2.75) is 13.8 Å². The van der Waals surface area contributed by atoms with Crippen LogP contribution in [0, 0.1) is 0 Å². The van der Waals surface area contributed by atoms with E-state index in [-0.39, 0.29) is 11.5 Å². The van der Waals surface area contributed by atoms with Crippen LogP contribution in [0.15, 0.2) is 34.5 Å². The van der Waals surface area contributed by atoms with E-state index in [1.807, 2.05) is 0 Å². The van der Waals surface area contributed by atoms with Gasteiger partial charge in [0.1, 0.15) is 11.5 Å². The molecule has 0 aliphatic heterocycles. The molecule has 0 heterocycles. The molecule has 0 radical (unpaired) electrons. The Labute approximate surface area is 92.8 Å². The number of hydrogen-bond acceptors (Lipinski definition) is 4. The highest BCUT2D eigenvalue weighted by Gasteiger charge is 2.04. The first kappa shape index (κ1) is 11.9. The van der Waals surface area contributed by atoms with E-state index >= 15 is 0 Å². The summed E-state index contributed by atoms with van der Waals surface area (Å²) in [7, 11) is 0. The summed E-state index contributed by atoms with van der Waals surface area (Å²) in [6, 6.07) is 6.65. The number of carboxylic acid groups (broad SMARTS) is 1. The van der Waals surface area contributed by atoms with E-state index < -0.39 is 5.97 Å². The minimum Gasteiger partial charge on any atom is -0.507 e. The quantitative estimate of drug-likeness (QED) is 0.600. The molecule has 0 saturated carbocycles. The van der Waals surface area contributed by atoms with Crippen LogP contribution in [-0.4, -0.2) is 27.6 Å². The number of aliphatic carboxylic acids is 1. The number of para-hydroxylation sites is 1. The van der Waals surface area contributed by atoms with Crippen molar-refractivity contribution in [3.05, 3.63) is 29.8 Å². The third-order valence-electron chi connectivity index (χ3n) is 1.95. The SMILES string of the molecule is CC(=N/N=C(\C)c1ccccc1O)C(=O)O. The monoisotopic (exact) mass is 220 g/mol. The van der Waals surface area contributed by atoms with E-state index in [1.54, 1.807) is 25.1 Å². The van der Waals surface area contributed by atoms with E-state index in [1.165, 1.54) is 13.0 Å². The molecule has 5 nitrogen and oxygen atoms in total. The first-order valence-corrected chi connectivity index (χ1v) is 4.63. The van der Waals surface area contributed by atoms with Crippen LogP contribution >= 0.6 is 0 Å². The van der Waals surface area contributed by atoms with Crippen LogP contribution in [0.5, 0.6) is 5.75 Å². The van der Waals surface area contributed by atoms with Gasteiger partial charge in [-0.1, -0.05) is 12.1 Å².